The predicted octanol–water partition coefficient (Wildman–Crippen LogP) is 1.57. The van der Waals surface area contributed by atoms with Gasteiger partial charge in [-0.2, -0.15) is 0 Å². The molecule has 0 fully saturated rings. The maximum Gasteiger partial charge on any atom is 0.270 e. The summed E-state index contributed by atoms with van der Waals surface area (Å²) in [5.74, 6) is -0.478. The van der Waals surface area contributed by atoms with E-state index in [0.29, 0.717) is 0 Å². The fourth-order valence-corrected chi connectivity index (χ4v) is 1.06. The number of alkyl halides is 2. The number of rotatable bonds is 3. The molecule has 0 amide bonds. The highest BCUT2D eigenvalue weighted by atomic mass is 19.3. The number of halogens is 2. The van der Waals surface area contributed by atoms with Crippen LogP contribution in [0.1, 0.15) is 11.6 Å². The van der Waals surface area contributed by atoms with Gasteiger partial charge >= 0.3 is 0 Å². The van der Waals surface area contributed by atoms with Crippen LogP contribution >= 0.6 is 0 Å². The Balaban J connectivity index is 3.16. The van der Waals surface area contributed by atoms with Crippen LogP contribution in [0, 0.1) is 10.1 Å². The Morgan fingerprint density at radius 2 is 2.07 bits per heavy atom. The molecule has 0 aliphatic heterocycles. The van der Waals surface area contributed by atoms with E-state index < -0.39 is 23.1 Å². The monoisotopic (exact) mass is 218 g/mol. The van der Waals surface area contributed by atoms with Crippen molar-refractivity contribution in [2.45, 2.75) is 12.5 Å². The average Bonchev–Trinajstić information content (AvgIpc) is 2.16. The Kier molecular flexibility index (Phi) is 3.15. The molecule has 0 saturated heterocycles. The Labute approximate surface area is 83.3 Å². The molecule has 0 saturated carbocycles. The molecule has 3 N–H and O–H groups in total. The van der Waals surface area contributed by atoms with E-state index in [1.54, 1.807) is 0 Å². The van der Waals surface area contributed by atoms with Crippen LogP contribution in [0.15, 0.2) is 18.2 Å². The van der Waals surface area contributed by atoms with Gasteiger partial charge in [-0.15, -0.1) is 0 Å². The average molecular weight is 218 g/mol. The smallest absolute Gasteiger partial charge is 0.270 e. The molecule has 7 heteroatoms. The van der Waals surface area contributed by atoms with Crippen molar-refractivity contribution in [3.05, 3.63) is 33.9 Å². The van der Waals surface area contributed by atoms with Gasteiger partial charge in [0.15, 0.2) is 0 Å². The zero-order valence-electron chi connectivity index (χ0n) is 7.43. The largest absolute Gasteiger partial charge is 0.508 e. The van der Waals surface area contributed by atoms with Crippen molar-refractivity contribution >= 4 is 5.69 Å². The molecule has 0 aromatic heterocycles. The second-order valence-corrected chi connectivity index (χ2v) is 2.86. The number of phenolic OH excluding ortho intramolecular Hbond substituents is 1. The summed E-state index contributed by atoms with van der Waals surface area (Å²) in [6.07, 6.45) is -2.89. The Bertz CT molecular complexity index is 384. The highest BCUT2D eigenvalue weighted by molar-refractivity contribution is 5.44. The van der Waals surface area contributed by atoms with Crippen molar-refractivity contribution in [3.63, 3.8) is 0 Å². The first-order valence-electron chi connectivity index (χ1n) is 3.94. The van der Waals surface area contributed by atoms with Gasteiger partial charge in [0.25, 0.3) is 12.1 Å². The molecule has 1 rings (SSSR count). The number of nitro benzene ring substituents is 1. The lowest BCUT2D eigenvalue weighted by Gasteiger charge is -2.11. The third kappa shape index (κ3) is 2.38. The molecule has 1 aromatic rings. The fourth-order valence-electron chi connectivity index (χ4n) is 1.06. The zero-order valence-corrected chi connectivity index (χ0v) is 7.43. The van der Waals surface area contributed by atoms with Gasteiger partial charge in [-0.05, 0) is 6.07 Å². The molecule has 0 aliphatic carbocycles. The van der Waals surface area contributed by atoms with E-state index in [9.17, 15) is 24.0 Å². The second kappa shape index (κ2) is 4.18. The molecule has 0 aliphatic rings. The Morgan fingerprint density at radius 1 is 1.47 bits per heavy atom. The first-order valence-corrected chi connectivity index (χ1v) is 3.94. The van der Waals surface area contributed by atoms with Crippen molar-refractivity contribution in [3.8, 4) is 5.75 Å². The van der Waals surface area contributed by atoms with Crippen LogP contribution in [0.25, 0.3) is 0 Å². The normalized spacial score (nSPS) is 12.8. The van der Waals surface area contributed by atoms with Crippen LogP contribution in [0.2, 0.25) is 0 Å². The lowest BCUT2D eigenvalue weighted by Crippen LogP contribution is -2.19. The number of hydrogen-bond donors (Lipinski definition) is 2. The lowest BCUT2D eigenvalue weighted by molar-refractivity contribution is -0.385. The van der Waals surface area contributed by atoms with Crippen molar-refractivity contribution in [2.24, 2.45) is 5.73 Å². The Morgan fingerprint density at radius 3 is 2.53 bits per heavy atom. The van der Waals surface area contributed by atoms with Crippen LogP contribution in [0.3, 0.4) is 0 Å². The number of nitrogens with zero attached hydrogens (tertiary/aromatic N) is 1. The molecule has 0 bridgehead atoms. The van der Waals surface area contributed by atoms with Crippen LogP contribution in [0.4, 0.5) is 14.5 Å². The first-order chi connectivity index (χ1) is 6.93. The third-order valence-electron chi connectivity index (χ3n) is 1.85. The molecule has 0 radical (unpaired) electrons. The summed E-state index contributed by atoms with van der Waals surface area (Å²) in [6.45, 7) is 0. The zero-order chi connectivity index (χ0) is 11.6. The summed E-state index contributed by atoms with van der Waals surface area (Å²) in [5.41, 5.74) is 4.35. The van der Waals surface area contributed by atoms with E-state index in [-0.39, 0.29) is 11.3 Å². The minimum absolute atomic E-state index is 0.334. The van der Waals surface area contributed by atoms with Crippen LogP contribution in [0.5, 0.6) is 5.75 Å². The standard InChI is InChI=1S/C8H8F2N2O3/c9-8(10)7(11)5-3-4(12(14)15)1-2-6(5)13/h1-3,7-8,13H,11H2/t7-/m0/s1. The molecular formula is C8H8F2N2O3. The quantitative estimate of drug-likeness (QED) is 0.595. The van der Waals surface area contributed by atoms with Gasteiger partial charge < -0.3 is 10.8 Å². The highest BCUT2D eigenvalue weighted by Gasteiger charge is 2.23. The summed E-state index contributed by atoms with van der Waals surface area (Å²) in [5, 5.41) is 19.6. The van der Waals surface area contributed by atoms with Crippen molar-refractivity contribution in [2.75, 3.05) is 0 Å². The third-order valence-corrected chi connectivity index (χ3v) is 1.85. The van der Waals surface area contributed by atoms with Crippen LogP contribution < -0.4 is 5.73 Å². The minimum atomic E-state index is -2.89. The van der Waals surface area contributed by atoms with Crippen molar-refractivity contribution in [1.82, 2.24) is 0 Å². The van der Waals surface area contributed by atoms with Gasteiger partial charge in [0.05, 0.1) is 11.0 Å². The second-order valence-electron chi connectivity index (χ2n) is 2.86. The van der Waals surface area contributed by atoms with Gasteiger partial charge in [-0.3, -0.25) is 10.1 Å². The van der Waals surface area contributed by atoms with E-state index in [1.807, 2.05) is 0 Å². The predicted molar refractivity (Wildman–Crippen MR) is 47.7 cm³/mol. The highest BCUT2D eigenvalue weighted by Crippen LogP contribution is 2.30. The van der Waals surface area contributed by atoms with Gasteiger partial charge in [-0.25, -0.2) is 8.78 Å². The summed E-state index contributed by atoms with van der Waals surface area (Å²) in [4.78, 5) is 9.60. The molecule has 0 spiro atoms. The topological polar surface area (TPSA) is 89.4 Å². The van der Waals surface area contributed by atoms with Gasteiger partial charge in [0, 0.05) is 17.7 Å². The van der Waals surface area contributed by atoms with Crippen molar-refractivity contribution in [1.29, 1.82) is 0 Å². The fraction of sp³-hybridized carbons (Fsp3) is 0.250. The molecule has 1 atom stereocenters. The number of benzene rings is 1. The first kappa shape index (κ1) is 11.3. The summed E-state index contributed by atoms with van der Waals surface area (Å²) < 4.78 is 24.4. The van der Waals surface area contributed by atoms with E-state index in [4.69, 9.17) is 5.73 Å². The number of phenols is 1. The molecular weight excluding hydrogens is 210 g/mol. The molecule has 0 heterocycles. The van der Waals surface area contributed by atoms with Crippen LogP contribution in [-0.2, 0) is 0 Å². The summed E-state index contributed by atoms with van der Waals surface area (Å²) >= 11 is 0. The van der Waals surface area contributed by atoms with Gasteiger partial charge in [0.2, 0.25) is 0 Å². The van der Waals surface area contributed by atoms with E-state index in [1.165, 1.54) is 0 Å². The maximum absolute atomic E-state index is 12.2. The van der Waals surface area contributed by atoms with E-state index in [2.05, 4.69) is 0 Å². The number of non-ortho nitro benzene ring substituents is 1. The van der Waals surface area contributed by atoms with Crippen LogP contribution in [-0.4, -0.2) is 16.5 Å². The maximum atomic E-state index is 12.2. The number of nitro groups is 1. The summed E-state index contributed by atoms with van der Waals surface area (Å²) in [6, 6.07) is 1.09. The molecule has 82 valence electrons. The van der Waals surface area contributed by atoms with Crippen molar-refractivity contribution < 1.29 is 18.8 Å². The molecule has 5 nitrogen and oxygen atoms in total. The van der Waals surface area contributed by atoms with E-state index in [0.717, 1.165) is 18.2 Å². The summed E-state index contributed by atoms with van der Waals surface area (Å²) in [7, 11) is 0. The number of aromatic hydroxyl groups is 1. The number of hydrogen-bond acceptors (Lipinski definition) is 4. The molecule has 15 heavy (non-hydrogen) atoms. The van der Waals surface area contributed by atoms with E-state index >= 15 is 0 Å². The SMILES string of the molecule is N[C@@H](c1cc([N+](=O)[O-])ccc1O)C(F)F. The Hall–Kier alpha value is -1.76. The molecule has 1 aromatic carbocycles. The minimum Gasteiger partial charge on any atom is -0.508 e. The van der Waals surface area contributed by atoms with Gasteiger partial charge in [-0.1, -0.05) is 0 Å². The lowest BCUT2D eigenvalue weighted by atomic mass is 10.1. The van der Waals surface area contributed by atoms with Gasteiger partial charge in [0.1, 0.15) is 5.75 Å². The number of nitrogens with two attached hydrogens (primary N) is 1. The molecule has 0 unspecified atom stereocenters.